The SMILES string of the molecule is OC1(CCOc2ccc(F)cc2)CC2CCC(C1)N2Cc1ccccc1. The number of hydrogen-bond acceptors (Lipinski definition) is 3. The Balaban J connectivity index is 1.32. The maximum absolute atomic E-state index is 12.9. The van der Waals surface area contributed by atoms with Crippen LogP contribution in [-0.2, 0) is 6.54 Å². The Hall–Kier alpha value is -1.91. The number of nitrogens with zero attached hydrogens (tertiary/aromatic N) is 1. The van der Waals surface area contributed by atoms with E-state index in [-0.39, 0.29) is 5.82 Å². The summed E-state index contributed by atoms with van der Waals surface area (Å²) < 4.78 is 18.6. The molecule has 2 aromatic carbocycles. The van der Waals surface area contributed by atoms with Crippen LogP contribution in [0.4, 0.5) is 4.39 Å². The van der Waals surface area contributed by atoms with Gasteiger partial charge in [-0.15, -0.1) is 0 Å². The largest absolute Gasteiger partial charge is 0.493 e. The third-order valence-electron chi connectivity index (χ3n) is 5.86. The fourth-order valence-corrected chi connectivity index (χ4v) is 4.56. The average Bonchev–Trinajstić information content (AvgIpc) is 2.88. The van der Waals surface area contributed by atoms with Gasteiger partial charge in [0.15, 0.2) is 0 Å². The number of fused-ring (bicyclic) bond motifs is 2. The standard InChI is InChI=1S/C22H26FNO2/c23-18-6-10-21(11-7-18)26-13-12-22(25)14-19-8-9-20(15-22)24(19)16-17-4-2-1-3-5-17/h1-7,10-11,19-20,25H,8-9,12-16H2. The minimum atomic E-state index is -0.654. The van der Waals surface area contributed by atoms with Gasteiger partial charge in [0.05, 0.1) is 12.2 Å². The van der Waals surface area contributed by atoms with Gasteiger partial charge in [-0.3, -0.25) is 4.90 Å². The number of aliphatic hydroxyl groups is 1. The van der Waals surface area contributed by atoms with E-state index in [1.54, 1.807) is 12.1 Å². The van der Waals surface area contributed by atoms with E-state index in [0.717, 1.165) is 19.4 Å². The molecular weight excluding hydrogens is 329 g/mol. The quantitative estimate of drug-likeness (QED) is 0.845. The molecule has 2 fully saturated rings. The van der Waals surface area contributed by atoms with Crippen molar-refractivity contribution >= 4 is 0 Å². The van der Waals surface area contributed by atoms with Crippen LogP contribution in [0.25, 0.3) is 0 Å². The molecule has 2 atom stereocenters. The van der Waals surface area contributed by atoms with E-state index in [1.165, 1.54) is 30.5 Å². The summed E-state index contributed by atoms with van der Waals surface area (Å²) in [6.07, 6.45) is 4.57. The van der Waals surface area contributed by atoms with Gasteiger partial charge >= 0.3 is 0 Å². The van der Waals surface area contributed by atoms with Crippen LogP contribution < -0.4 is 4.74 Å². The lowest BCUT2D eigenvalue weighted by molar-refractivity contribution is -0.0654. The minimum Gasteiger partial charge on any atom is -0.493 e. The molecule has 0 aliphatic carbocycles. The van der Waals surface area contributed by atoms with Gasteiger partial charge in [-0.1, -0.05) is 30.3 Å². The van der Waals surface area contributed by atoms with Crippen LogP contribution in [0.5, 0.6) is 5.75 Å². The van der Waals surface area contributed by atoms with Gasteiger partial charge < -0.3 is 9.84 Å². The Morgan fingerprint density at radius 2 is 1.65 bits per heavy atom. The molecule has 0 spiro atoms. The highest BCUT2D eigenvalue weighted by molar-refractivity contribution is 5.22. The molecule has 2 bridgehead atoms. The summed E-state index contributed by atoms with van der Waals surface area (Å²) in [6.45, 7) is 1.43. The van der Waals surface area contributed by atoms with Crippen molar-refractivity contribution < 1.29 is 14.2 Å². The number of ether oxygens (including phenoxy) is 1. The van der Waals surface area contributed by atoms with Crippen molar-refractivity contribution in [3.05, 3.63) is 66.0 Å². The first kappa shape index (κ1) is 17.5. The van der Waals surface area contributed by atoms with Crippen molar-refractivity contribution in [1.29, 1.82) is 0 Å². The van der Waals surface area contributed by atoms with Crippen LogP contribution >= 0.6 is 0 Å². The molecule has 138 valence electrons. The molecule has 4 rings (SSSR count). The predicted molar refractivity (Wildman–Crippen MR) is 99.5 cm³/mol. The van der Waals surface area contributed by atoms with E-state index in [1.807, 2.05) is 6.07 Å². The molecule has 4 heteroatoms. The molecule has 3 nitrogen and oxygen atoms in total. The number of hydrogen-bond donors (Lipinski definition) is 1. The molecule has 2 unspecified atom stereocenters. The molecule has 0 amide bonds. The van der Waals surface area contributed by atoms with E-state index in [4.69, 9.17) is 4.74 Å². The highest BCUT2D eigenvalue weighted by Crippen LogP contribution is 2.43. The first-order valence-electron chi connectivity index (χ1n) is 9.52. The number of benzene rings is 2. The maximum Gasteiger partial charge on any atom is 0.123 e. The second-order valence-corrected chi connectivity index (χ2v) is 7.73. The van der Waals surface area contributed by atoms with Crippen LogP contribution in [0, 0.1) is 5.82 Å². The third-order valence-corrected chi connectivity index (χ3v) is 5.86. The molecule has 2 aromatic rings. The Morgan fingerprint density at radius 1 is 1.00 bits per heavy atom. The summed E-state index contributed by atoms with van der Waals surface area (Å²) in [7, 11) is 0. The van der Waals surface area contributed by atoms with Crippen molar-refractivity contribution in [1.82, 2.24) is 4.90 Å². The monoisotopic (exact) mass is 355 g/mol. The van der Waals surface area contributed by atoms with Gasteiger partial charge in [0.2, 0.25) is 0 Å². The van der Waals surface area contributed by atoms with E-state index in [9.17, 15) is 9.50 Å². The number of piperidine rings is 1. The summed E-state index contributed by atoms with van der Waals surface area (Å²) in [5.74, 6) is 0.387. The smallest absolute Gasteiger partial charge is 0.123 e. The molecule has 2 saturated heterocycles. The van der Waals surface area contributed by atoms with Gasteiger partial charge in [-0.2, -0.15) is 0 Å². The molecule has 1 N–H and O–H groups in total. The maximum atomic E-state index is 12.9. The summed E-state index contributed by atoms with van der Waals surface area (Å²) >= 11 is 0. The minimum absolute atomic E-state index is 0.265. The third kappa shape index (κ3) is 3.92. The van der Waals surface area contributed by atoms with Gasteiger partial charge in [0.25, 0.3) is 0 Å². The van der Waals surface area contributed by atoms with Gasteiger partial charge in [-0.05, 0) is 55.5 Å². The van der Waals surface area contributed by atoms with Crippen LogP contribution in [0.1, 0.15) is 37.7 Å². The number of rotatable bonds is 6. The average molecular weight is 355 g/mol. The van der Waals surface area contributed by atoms with Crippen molar-refractivity contribution in [3.63, 3.8) is 0 Å². The Labute approximate surface area is 154 Å². The van der Waals surface area contributed by atoms with Crippen molar-refractivity contribution in [3.8, 4) is 5.75 Å². The fourth-order valence-electron chi connectivity index (χ4n) is 4.56. The van der Waals surface area contributed by atoms with Crippen LogP contribution in [0.3, 0.4) is 0 Å². The van der Waals surface area contributed by atoms with Gasteiger partial charge in [0.1, 0.15) is 11.6 Å². The predicted octanol–water partition coefficient (Wildman–Crippen LogP) is 4.15. The zero-order valence-electron chi connectivity index (χ0n) is 15.0. The highest BCUT2D eigenvalue weighted by atomic mass is 19.1. The molecule has 0 saturated carbocycles. The zero-order valence-corrected chi connectivity index (χ0v) is 15.0. The lowest BCUT2D eigenvalue weighted by atomic mass is 9.83. The van der Waals surface area contributed by atoms with E-state index >= 15 is 0 Å². The van der Waals surface area contributed by atoms with Crippen molar-refractivity contribution in [2.24, 2.45) is 0 Å². The summed E-state index contributed by atoms with van der Waals surface area (Å²) in [5.41, 5.74) is 0.688. The fraction of sp³-hybridized carbons (Fsp3) is 0.455. The molecular formula is C22H26FNO2. The van der Waals surface area contributed by atoms with E-state index in [2.05, 4.69) is 29.2 Å². The highest BCUT2D eigenvalue weighted by Gasteiger charge is 2.47. The van der Waals surface area contributed by atoms with Crippen molar-refractivity contribution in [2.75, 3.05) is 6.61 Å². The molecule has 2 heterocycles. The summed E-state index contributed by atoms with van der Waals surface area (Å²) in [6, 6.07) is 17.5. The van der Waals surface area contributed by atoms with Crippen molar-refractivity contribution in [2.45, 2.75) is 56.3 Å². The first-order chi connectivity index (χ1) is 12.6. The first-order valence-corrected chi connectivity index (χ1v) is 9.52. The lowest BCUT2D eigenvalue weighted by Crippen LogP contribution is -2.51. The second kappa shape index (κ2) is 7.37. The molecule has 2 aliphatic heterocycles. The lowest BCUT2D eigenvalue weighted by Gasteiger charge is -2.44. The number of halogens is 1. The van der Waals surface area contributed by atoms with E-state index < -0.39 is 5.60 Å². The molecule has 0 aromatic heterocycles. The molecule has 26 heavy (non-hydrogen) atoms. The van der Waals surface area contributed by atoms with Crippen LogP contribution in [-0.4, -0.2) is 34.3 Å². The van der Waals surface area contributed by atoms with Gasteiger partial charge in [-0.25, -0.2) is 4.39 Å². The molecule has 0 radical (unpaired) electrons. The Kier molecular flexibility index (Phi) is 4.96. The van der Waals surface area contributed by atoms with Gasteiger partial charge in [0, 0.05) is 25.0 Å². The summed E-state index contributed by atoms with van der Waals surface area (Å²) in [4.78, 5) is 2.57. The Morgan fingerprint density at radius 3 is 2.31 bits per heavy atom. The summed E-state index contributed by atoms with van der Waals surface area (Å²) in [5, 5.41) is 11.1. The zero-order chi connectivity index (χ0) is 18.0. The molecule has 2 aliphatic rings. The Bertz CT molecular complexity index is 705. The normalized spacial score (nSPS) is 28.2. The van der Waals surface area contributed by atoms with Crippen LogP contribution in [0.15, 0.2) is 54.6 Å². The second-order valence-electron chi connectivity index (χ2n) is 7.73. The van der Waals surface area contributed by atoms with Crippen LogP contribution in [0.2, 0.25) is 0 Å². The topological polar surface area (TPSA) is 32.7 Å². The van der Waals surface area contributed by atoms with E-state index in [0.29, 0.717) is 30.9 Å².